The Morgan fingerprint density at radius 2 is 2.06 bits per heavy atom. The Balaban J connectivity index is 1.48. The number of methoxy groups -OCH3 is 1. The summed E-state index contributed by atoms with van der Waals surface area (Å²) in [6.07, 6.45) is 2.38. The van der Waals surface area contributed by atoms with Gasteiger partial charge in [0.2, 0.25) is 5.91 Å². The first-order chi connectivity index (χ1) is 15.2. The molecule has 1 unspecified atom stereocenters. The van der Waals surface area contributed by atoms with E-state index in [-0.39, 0.29) is 12.0 Å². The van der Waals surface area contributed by atoms with Crippen molar-refractivity contribution in [3.8, 4) is 5.75 Å². The number of benzene rings is 3. The molecular formula is C25H24N2O3S. The number of anilines is 1. The Labute approximate surface area is 185 Å². The molecule has 3 aromatic carbocycles. The Hall–Kier alpha value is -2.96. The molecule has 5 rings (SSSR count). The lowest BCUT2D eigenvalue weighted by Gasteiger charge is -2.23. The van der Waals surface area contributed by atoms with Gasteiger partial charge in [0.25, 0.3) is 0 Å². The molecule has 0 aliphatic carbocycles. The van der Waals surface area contributed by atoms with Gasteiger partial charge >= 0.3 is 0 Å². The van der Waals surface area contributed by atoms with Crippen LogP contribution in [0.5, 0.6) is 5.75 Å². The number of rotatable bonds is 6. The van der Waals surface area contributed by atoms with Crippen LogP contribution in [0.15, 0.2) is 60.7 Å². The van der Waals surface area contributed by atoms with Crippen molar-refractivity contribution in [3.63, 3.8) is 0 Å². The number of hydrogen-bond acceptors (Lipinski definition) is 5. The standard InChI is InChI=1S/C25H24N2O3S/c1-29-19-11-12-23-22(15-19)26-25(31-23)27(16-20-9-5-13-30-20)24(28)14-18-8-4-7-17-6-2-3-10-21(17)18/h2-4,6-8,10-12,15,20H,5,9,13-14,16H2,1H3. The number of ether oxygens (including phenoxy) is 2. The first-order valence-corrected chi connectivity index (χ1v) is 11.4. The molecule has 0 N–H and O–H groups in total. The molecule has 1 fully saturated rings. The number of carbonyl (C=O) groups is 1. The molecule has 1 aliphatic rings. The van der Waals surface area contributed by atoms with Crippen molar-refractivity contribution in [3.05, 3.63) is 66.2 Å². The summed E-state index contributed by atoms with van der Waals surface area (Å²) < 4.78 is 12.2. The average molecular weight is 433 g/mol. The van der Waals surface area contributed by atoms with Crippen molar-refractivity contribution in [2.45, 2.75) is 25.4 Å². The molecule has 0 spiro atoms. The van der Waals surface area contributed by atoms with Crippen LogP contribution in [-0.4, -0.2) is 37.3 Å². The van der Waals surface area contributed by atoms with E-state index in [1.807, 2.05) is 47.4 Å². The zero-order valence-corrected chi connectivity index (χ0v) is 18.2. The summed E-state index contributed by atoms with van der Waals surface area (Å²) in [5, 5.41) is 2.97. The molecule has 158 valence electrons. The lowest BCUT2D eigenvalue weighted by Crippen LogP contribution is -2.38. The molecule has 2 heterocycles. The molecule has 1 saturated heterocycles. The summed E-state index contributed by atoms with van der Waals surface area (Å²) in [7, 11) is 1.64. The van der Waals surface area contributed by atoms with Gasteiger partial charge in [0.05, 0.1) is 36.4 Å². The van der Waals surface area contributed by atoms with Crippen molar-refractivity contribution >= 4 is 43.4 Å². The van der Waals surface area contributed by atoms with Gasteiger partial charge in [0.15, 0.2) is 5.13 Å². The highest BCUT2D eigenvalue weighted by molar-refractivity contribution is 7.22. The highest BCUT2D eigenvalue weighted by atomic mass is 32.1. The fourth-order valence-electron chi connectivity index (χ4n) is 4.12. The van der Waals surface area contributed by atoms with Crippen molar-refractivity contribution in [1.82, 2.24) is 4.98 Å². The van der Waals surface area contributed by atoms with Crippen molar-refractivity contribution in [2.24, 2.45) is 0 Å². The number of aromatic nitrogens is 1. The zero-order valence-electron chi connectivity index (χ0n) is 17.4. The monoisotopic (exact) mass is 432 g/mol. The molecule has 31 heavy (non-hydrogen) atoms. The molecule has 1 aliphatic heterocycles. The molecule has 6 heteroatoms. The smallest absolute Gasteiger partial charge is 0.233 e. The average Bonchev–Trinajstić information content (AvgIpc) is 3.46. The highest BCUT2D eigenvalue weighted by Crippen LogP contribution is 2.32. The third kappa shape index (κ3) is 4.13. The minimum atomic E-state index is 0.0397. The molecule has 1 atom stereocenters. The highest BCUT2D eigenvalue weighted by Gasteiger charge is 2.26. The number of hydrogen-bond donors (Lipinski definition) is 0. The van der Waals surface area contributed by atoms with Crippen LogP contribution in [0.4, 0.5) is 5.13 Å². The number of amides is 1. The number of nitrogens with zero attached hydrogens (tertiary/aromatic N) is 2. The molecule has 0 bridgehead atoms. The number of thiazole rings is 1. The van der Waals surface area contributed by atoms with Crippen LogP contribution < -0.4 is 9.64 Å². The van der Waals surface area contributed by atoms with Gasteiger partial charge in [-0.2, -0.15) is 0 Å². The van der Waals surface area contributed by atoms with Crippen LogP contribution >= 0.6 is 11.3 Å². The van der Waals surface area contributed by atoms with Gasteiger partial charge in [-0.15, -0.1) is 0 Å². The molecule has 5 nitrogen and oxygen atoms in total. The maximum Gasteiger partial charge on any atom is 0.233 e. The van der Waals surface area contributed by atoms with Gasteiger partial charge < -0.3 is 9.47 Å². The SMILES string of the molecule is COc1ccc2sc(N(CC3CCCO3)C(=O)Cc3cccc4ccccc34)nc2c1. The van der Waals surface area contributed by atoms with Crippen LogP contribution in [0.2, 0.25) is 0 Å². The summed E-state index contributed by atoms with van der Waals surface area (Å²) in [5.41, 5.74) is 1.87. The van der Waals surface area contributed by atoms with E-state index in [0.29, 0.717) is 18.1 Å². The van der Waals surface area contributed by atoms with E-state index in [0.717, 1.165) is 51.8 Å². The summed E-state index contributed by atoms with van der Waals surface area (Å²) in [6.45, 7) is 1.29. The molecule has 1 amide bonds. The van der Waals surface area contributed by atoms with E-state index in [1.54, 1.807) is 7.11 Å². The molecule has 4 aromatic rings. The quantitative estimate of drug-likeness (QED) is 0.420. The summed E-state index contributed by atoms with van der Waals surface area (Å²) in [4.78, 5) is 20.1. The summed E-state index contributed by atoms with van der Waals surface area (Å²) >= 11 is 1.53. The van der Waals surface area contributed by atoms with Crippen molar-refractivity contribution in [1.29, 1.82) is 0 Å². The maximum atomic E-state index is 13.6. The van der Waals surface area contributed by atoms with E-state index in [1.165, 1.54) is 11.3 Å². The fourth-order valence-corrected chi connectivity index (χ4v) is 5.09. The lowest BCUT2D eigenvalue weighted by molar-refractivity contribution is -0.118. The second kappa shape index (κ2) is 8.65. The van der Waals surface area contributed by atoms with Crippen molar-refractivity contribution < 1.29 is 14.3 Å². The minimum absolute atomic E-state index is 0.0397. The minimum Gasteiger partial charge on any atom is -0.497 e. The predicted octanol–water partition coefficient (Wildman–Crippen LogP) is 5.21. The summed E-state index contributed by atoms with van der Waals surface area (Å²) in [5.74, 6) is 0.801. The van der Waals surface area contributed by atoms with E-state index in [9.17, 15) is 4.79 Å². The zero-order chi connectivity index (χ0) is 21.2. The Kier molecular flexibility index (Phi) is 5.57. The molecule has 1 aromatic heterocycles. The predicted molar refractivity (Wildman–Crippen MR) is 125 cm³/mol. The van der Waals surface area contributed by atoms with Gasteiger partial charge in [-0.3, -0.25) is 9.69 Å². The largest absolute Gasteiger partial charge is 0.497 e. The van der Waals surface area contributed by atoms with Gasteiger partial charge in [0, 0.05) is 12.7 Å². The van der Waals surface area contributed by atoms with Crippen LogP contribution in [0.3, 0.4) is 0 Å². The normalized spacial score (nSPS) is 16.1. The summed E-state index contributed by atoms with van der Waals surface area (Å²) in [6, 6.07) is 20.1. The molecule has 0 radical (unpaired) electrons. The van der Waals surface area contributed by atoms with Gasteiger partial charge in [0.1, 0.15) is 5.75 Å². The second-order valence-corrected chi connectivity index (χ2v) is 8.79. The van der Waals surface area contributed by atoms with E-state index in [4.69, 9.17) is 14.5 Å². The van der Waals surface area contributed by atoms with Gasteiger partial charge in [-0.25, -0.2) is 4.98 Å². The van der Waals surface area contributed by atoms with Crippen LogP contribution in [0, 0.1) is 0 Å². The third-order valence-corrected chi connectivity index (χ3v) is 6.81. The first kappa shape index (κ1) is 20.0. The first-order valence-electron chi connectivity index (χ1n) is 10.5. The Morgan fingerprint density at radius 1 is 1.19 bits per heavy atom. The molecule has 0 saturated carbocycles. The third-order valence-electron chi connectivity index (χ3n) is 5.75. The van der Waals surface area contributed by atoms with Crippen molar-refractivity contribution in [2.75, 3.05) is 25.2 Å². The van der Waals surface area contributed by atoms with E-state index >= 15 is 0 Å². The van der Waals surface area contributed by atoms with E-state index in [2.05, 4.69) is 18.2 Å². The van der Waals surface area contributed by atoms with E-state index < -0.39 is 0 Å². The van der Waals surface area contributed by atoms with Gasteiger partial charge in [-0.1, -0.05) is 53.8 Å². The lowest BCUT2D eigenvalue weighted by atomic mass is 10.0. The Morgan fingerprint density at radius 3 is 2.90 bits per heavy atom. The van der Waals surface area contributed by atoms with Gasteiger partial charge in [-0.05, 0) is 41.3 Å². The van der Waals surface area contributed by atoms with Crippen LogP contribution in [0.25, 0.3) is 21.0 Å². The maximum absolute atomic E-state index is 13.6. The Bertz CT molecular complexity index is 1220. The number of carbonyl (C=O) groups excluding carboxylic acids is 1. The van der Waals surface area contributed by atoms with Crippen LogP contribution in [-0.2, 0) is 16.0 Å². The fraction of sp³-hybridized carbons (Fsp3) is 0.280. The molecular weight excluding hydrogens is 408 g/mol. The second-order valence-electron chi connectivity index (χ2n) is 7.78. The van der Waals surface area contributed by atoms with Crippen LogP contribution in [0.1, 0.15) is 18.4 Å². The number of fused-ring (bicyclic) bond motifs is 2. The topological polar surface area (TPSA) is 51.7 Å².